The van der Waals surface area contributed by atoms with Gasteiger partial charge in [-0.1, -0.05) is 43.5 Å². The Hall–Kier alpha value is -1.15. The van der Waals surface area contributed by atoms with Crippen LogP contribution in [0.2, 0.25) is 0 Å². The van der Waals surface area contributed by atoms with Crippen LogP contribution in [0.4, 0.5) is 0 Å². The molecule has 3 rings (SSSR count). The summed E-state index contributed by atoms with van der Waals surface area (Å²) in [5, 5.41) is 3.28. The van der Waals surface area contributed by atoms with Crippen molar-refractivity contribution < 1.29 is 0 Å². The van der Waals surface area contributed by atoms with E-state index in [4.69, 9.17) is 0 Å². The van der Waals surface area contributed by atoms with Crippen LogP contribution in [0, 0.1) is 6.92 Å². The van der Waals surface area contributed by atoms with Crippen LogP contribution >= 0.6 is 11.3 Å². The Bertz CT molecular complexity index is 506. The molecule has 1 saturated carbocycles. The first-order valence-electron chi connectivity index (χ1n) is 6.85. The fourth-order valence-corrected chi connectivity index (χ4v) is 3.48. The van der Waals surface area contributed by atoms with Crippen molar-refractivity contribution in [3.63, 3.8) is 0 Å². The van der Waals surface area contributed by atoms with Crippen molar-refractivity contribution >= 4 is 11.3 Å². The number of hydrogen-bond acceptors (Lipinski definition) is 2. The Morgan fingerprint density at radius 3 is 2.39 bits per heavy atom. The second-order valence-corrected chi connectivity index (χ2v) is 6.27. The lowest BCUT2D eigenvalue weighted by atomic mass is 9.84. The molecule has 0 radical (unpaired) electrons. The zero-order valence-electron chi connectivity index (χ0n) is 10.9. The number of hydrogen-bond donors (Lipinski definition) is 0. The molecule has 2 heteroatoms. The standard InChI is InChI=1S/C16H19NS/c1-12-17-16(11-18-12)15-9-7-14(8-10-15)13-5-3-2-4-6-13/h7-11,13H,2-6H2,1H3. The van der Waals surface area contributed by atoms with Gasteiger partial charge in [0.05, 0.1) is 10.7 Å². The smallest absolute Gasteiger partial charge is 0.0901 e. The monoisotopic (exact) mass is 257 g/mol. The van der Waals surface area contributed by atoms with Crippen LogP contribution in [-0.2, 0) is 0 Å². The number of aromatic nitrogens is 1. The highest BCUT2D eigenvalue weighted by Gasteiger charge is 2.15. The van der Waals surface area contributed by atoms with Gasteiger partial charge in [0.15, 0.2) is 0 Å². The normalized spacial score (nSPS) is 16.9. The first kappa shape index (κ1) is 11.9. The third-order valence-corrected chi connectivity index (χ3v) is 4.68. The molecule has 0 aliphatic heterocycles. The lowest BCUT2D eigenvalue weighted by molar-refractivity contribution is 0.443. The largest absolute Gasteiger partial charge is 0.242 e. The maximum Gasteiger partial charge on any atom is 0.0901 e. The SMILES string of the molecule is Cc1nc(-c2ccc(C3CCCCC3)cc2)cs1. The lowest BCUT2D eigenvalue weighted by Crippen LogP contribution is -2.04. The van der Waals surface area contributed by atoms with Crippen molar-refractivity contribution in [2.45, 2.75) is 44.9 Å². The summed E-state index contributed by atoms with van der Waals surface area (Å²) in [5.74, 6) is 0.796. The van der Waals surface area contributed by atoms with Gasteiger partial charge < -0.3 is 0 Å². The van der Waals surface area contributed by atoms with Crippen molar-refractivity contribution in [3.05, 3.63) is 40.2 Å². The Morgan fingerprint density at radius 1 is 1.06 bits per heavy atom. The molecule has 0 saturated heterocycles. The zero-order valence-corrected chi connectivity index (χ0v) is 11.7. The van der Waals surface area contributed by atoms with Crippen molar-refractivity contribution in [2.75, 3.05) is 0 Å². The number of thiazole rings is 1. The molecule has 1 nitrogen and oxygen atoms in total. The van der Waals surface area contributed by atoms with E-state index in [2.05, 4.69) is 41.6 Å². The van der Waals surface area contributed by atoms with Crippen LogP contribution in [0.5, 0.6) is 0 Å². The quantitative estimate of drug-likeness (QED) is 0.723. The van der Waals surface area contributed by atoms with Gasteiger partial charge in [-0.3, -0.25) is 0 Å². The van der Waals surface area contributed by atoms with Gasteiger partial charge in [0, 0.05) is 10.9 Å². The van der Waals surface area contributed by atoms with E-state index in [0.717, 1.165) is 16.6 Å². The van der Waals surface area contributed by atoms with E-state index < -0.39 is 0 Å². The molecule has 18 heavy (non-hydrogen) atoms. The first-order chi connectivity index (χ1) is 8.83. The summed E-state index contributed by atoms with van der Waals surface area (Å²) < 4.78 is 0. The molecule has 1 aliphatic carbocycles. The number of benzene rings is 1. The second kappa shape index (κ2) is 5.23. The minimum Gasteiger partial charge on any atom is -0.242 e. The molecule has 0 spiro atoms. The van der Waals surface area contributed by atoms with Crippen molar-refractivity contribution in [3.8, 4) is 11.3 Å². The lowest BCUT2D eigenvalue weighted by Gasteiger charge is -2.22. The van der Waals surface area contributed by atoms with E-state index in [1.807, 2.05) is 0 Å². The van der Waals surface area contributed by atoms with Crippen molar-refractivity contribution in [2.24, 2.45) is 0 Å². The van der Waals surface area contributed by atoms with Gasteiger partial charge in [-0.2, -0.15) is 0 Å². The van der Waals surface area contributed by atoms with Gasteiger partial charge in [0.25, 0.3) is 0 Å². The Morgan fingerprint density at radius 2 is 1.78 bits per heavy atom. The summed E-state index contributed by atoms with van der Waals surface area (Å²) >= 11 is 1.72. The maximum atomic E-state index is 4.54. The van der Waals surface area contributed by atoms with Gasteiger partial charge in [0.2, 0.25) is 0 Å². The highest BCUT2D eigenvalue weighted by molar-refractivity contribution is 7.09. The van der Waals surface area contributed by atoms with Gasteiger partial charge >= 0.3 is 0 Å². The first-order valence-corrected chi connectivity index (χ1v) is 7.73. The van der Waals surface area contributed by atoms with Gasteiger partial charge in [-0.25, -0.2) is 4.98 Å². The Kier molecular flexibility index (Phi) is 3.46. The van der Waals surface area contributed by atoms with Crippen LogP contribution in [0.15, 0.2) is 29.6 Å². The summed E-state index contributed by atoms with van der Waals surface area (Å²) in [6.45, 7) is 2.06. The minimum atomic E-state index is 0.796. The van der Waals surface area contributed by atoms with E-state index >= 15 is 0 Å². The van der Waals surface area contributed by atoms with Crippen LogP contribution in [0.1, 0.15) is 48.6 Å². The molecule has 0 unspecified atom stereocenters. The van der Waals surface area contributed by atoms with Crippen LogP contribution in [0.3, 0.4) is 0 Å². The van der Waals surface area contributed by atoms with Gasteiger partial charge in [-0.15, -0.1) is 11.3 Å². The second-order valence-electron chi connectivity index (χ2n) is 5.21. The van der Waals surface area contributed by atoms with Gasteiger partial charge in [0.1, 0.15) is 0 Å². The highest BCUT2D eigenvalue weighted by Crippen LogP contribution is 2.33. The molecule has 1 heterocycles. The van der Waals surface area contributed by atoms with E-state index in [-0.39, 0.29) is 0 Å². The maximum absolute atomic E-state index is 4.54. The molecule has 0 N–H and O–H groups in total. The van der Waals surface area contributed by atoms with Crippen molar-refractivity contribution in [1.82, 2.24) is 4.98 Å². The molecule has 0 bridgehead atoms. The summed E-state index contributed by atoms with van der Waals surface area (Å²) in [5.41, 5.74) is 3.89. The molecule has 1 aromatic heterocycles. The molecule has 1 aromatic carbocycles. The highest BCUT2D eigenvalue weighted by atomic mass is 32.1. The fraction of sp³-hybridized carbons (Fsp3) is 0.438. The summed E-state index contributed by atoms with van der Waals surface area (Å²) in [6.07, 6.45) is 6.96. The van der Waals surface area contributed by atoms with Crippen molar-refractivity contribution in [1.29, 1.82) is 0 Å². The summed E-state index contributed by atoms with van der Waals surface area (Å²) in [4.78, 5) is 4.54. The van der Waals surface area contributed by atoms with Crippen LogP contribution in [-0.4, -0.2) is 4.98 Å². The Balaban J connectivity index is 1.80. The molecule has 0 atom stereocenters. The predicted molar refractivity (Wildman–Crippen MR) is 78.1 cm³/mol. The molecular formula is C16H19NS. The van der Waals surface area contributed by atoms with Crippen LogP contribution in [0.25, 0.3) is 11.3 Å². The number of nitrogens with zero attached hydrogens (tertiary/aromatic N) is 1. The molecule has 2 aromatic rings. The van der Waals surface area contributed by atoms with E-state index in [1.54, 1.807) is 11.3 Å². The molecule has 0 amide bonds. The average Bonchev–Trinajstić information content (AvgIpc) is 2.87. The third-order valence-electron chi connectivity index (χ3n) is 3.90. The average molecular weight is 257 g/mol. The number of rotatable bonds is 2. The predicted octanol–water partition coefficient (Wildman–Crippen LogP) is 5.17. The number of aryl methyl sites for hydroxylation is 1. The zero-order chi connectivity index (χ0) is 12.4. The van der Waals surface area contributed by atoms with E-state index in [9.17, 15) is 0 Å². The summed E-state index contributed by atoms with van der Waals surface area (Å²) in [6, 6.07) is 9.08. The molecular weight excluding hydrogens is 238 g/mol. The topological polar surface area (TPSA) is 12.9 Å². The third kappa shape index (κ3) is 2.49. The molecule has 94 valence electrons. The molecule has 1 fully saturated rings. The minimum absolute atomic E-state index is 0.796. The fourth-order valence-electron chi connectivity index (χ4n) is 2.86. The van der Waals surface area contributed by atoms with Gasteiger partial charge in [-0.05, 0) is 31.2 Å². The Labute approximate surface area is 113 Å². The van der Waals surface area contributed by atoms with E-state index in [0.29, 0.717) is 0 Å². The molecule has 1 aliphatic rings. The van der Waals surface area contributed by atoms with E-state index in [1.165, 1.54) is 43.2 Å². The summed E-state index contributed by atoms with van der Waals surface area (Å²) in [7, 11) is 0. The van der Waals surface area contributed by atoms with Crippen LogP contribution < -0.4 is 0 Å².